The number of rotatable bonds is 3. The van der Waals surface area contributed by atoms with Crippen molar-refractivity contribution in [2.24, 2.45) is 5.73 Å². The zero-order valence-corrected chi connectivity index (χ0v) is 11.0. The fourth-order valence-corrected chi connectivity index (χ4v) is 2.90. The molecule has 4 N–H and O–H groups in total. The molecule has 0 saturated carbocycles. The summed E-state index contributed by atoms with van der Waals surface area (Å²) in [5, 5.41) is 5.65. The molecule has 4 heteroatoms. The molecule has 1 heterocycles. The van der Waals surface area contributed by atoms with Gasteiger partial charge in [-0.25, -0.2) is 0 Å². The zero-order valence-electron chi connectivity index (χ0n) is 11.0. The van der Waals surface area contributed by atoms with E-state index in [1.807, 2.05) is 0 Å². The van der Waals surface area contributed by atoms with Gasteiger partial charge in [0, 0.05) is 11.1 Å². The van der Waals surface area contributed by atoms with Gasteiger partial charge in [-0.3, -0.25) is 15.0 Å². The van der Waals surface area contributed by atoms with Crippen LogP contribution in [0.1, 0.15) is 29.5 Å². The number of H-pyrrole nitrogens is 2. The molecule has 0 amide bonds. The lowest BCUT2D eigenvalue weighted by molar-refractivity contribution is 0.686. The van der Waals surface area contributed by atoms with Crippen LogP contribution in [-0.4, -0.2) is 16.7 Å². The average Bonchev–Trinajstić information content (AvgIpc) is 2.80. The van der Waals surface area contributed by atoms with E-state index in [1.165, 1.54) is 30.4 Å². The summed E-state index contributed by atoms with van der Waals surface area (Å²) < 4.78 is 0. The molecule has 0 atom stereocenters. The van der Waals surface area contributed by atoms with Crippen LogP contribution < -0.4 is 11.3 Å². The zero-order chi connectivity index (χ0) is 13.2. The quantitative estimate of drug-likeness (QED) is 0.783. The van der Waals surface area contributed by atoms with Crippen molar-refractivity contribution in [3.05, 3.63) is 45.2 Å². The summed E-state index contributed by atoms with van der Waals surface area (Å²) >= 11 is 0. The predicted octanol–water partition coefficient (Wildman–Crippen LogP) is 1.75. The van der Waals surface area contributed by atoms with Gasteiger partial charge in [0.1, 0.15) is 0 Å². The lowest BCUT2D eigenvalue weighted by Crippen LogP contribution is -2.12. The topological polar surface area (TPSA) is 74.7 Å². The predicted molar refractivity (Wildman–Crippen MR) is 76.2 cm³/mol. The van der Waals surface area contributed by atoms with Gasteiger partial charge in [-0.1, -0.05) is 12.1 Å². The number of fused-ring (bicyclic) bond motifs is 1. The first kappa shape index (κ1) is 12.2. The van der Waals surface area contributed by atoms with Crippen LogP contribution in [0.5, 0.6) is 0 Å². The molecule has 3 rings (SSSR count). The summed E-state index contributed by atoms with van der Waals surface area (Å²) in [4.78, 5) is 11.7. The van der Waals surface area contributed by atoms with E-state index in [1.54, 1.807) is 0 Å². The van der Waals surface area contributed by atoms with Gasteiger partial charge in [0.25, 0.3) is 5.56 Å². The Labute approximate surface area is 112 Å². The molecule has 1 aliphatic rings. The standard InChI is InChI=1S/C15H19N3O/c16-8-7-13-14(17-18-15(13)19)12-6-5-10-3-1-2-4-11(10)9-12/h5-6,9H,1-4,7-8,16H2,(H2,17,18,19). The normalized spacial score (nSPS) is 14.4. The number of nitrogens with two attached hydrogens (primary N) is 1. The van der Waals surface area contributed by atoms with Crippen molar-refractivity contribution < 1.29 is 0 Å². The van der Waals surface area contributed by atoms with Crippen molar-refractivity contribution in [2.45, 2.75) is 32.1 Å². The fraction of sp³-hybridized carbons (Fsp3) is 0.400. The van der Waals surface area contributed by atoms with Crippen LogP contribution in [0.2, 0.25) is 0 Å². The first-order valence-electron chi connectivity index (χ1n) is 6.91. The Morgan fingerprint density at radius 3 is 2.68 bits per heavy atom. The summed E-state index contributed by atoms with van der Waals surface area (Å²) in [6, 6.07) is 6.51. The Balaban J connectivity index is 2.04. The maximum atomic E-state index is 11.7. The molecule has 0 radical (unpaired) electrons. The van der Waals surface area contributed by atoms with Gasteiger partial charge >= 0.3 is 0 Å². The molecule has 19 heavy (non-hydrogen) atoms. The molecule has 1 aliphatic carbocycles. The minimum Gasteiger partial charge on any atom is -0.330 e. The fourth-order valence-electron chi connectivity index (χ4n) is 2.90. The average molecular weight is 257 g/mol. The monoisotopic (exact) mass is 257 g/mol. The highest BCUT2D eigenvalue weighted by molar-refractivity contribution is 5.64. The Morgan fingerprint density at radius 2 is 1.89 bits per heavy atom. The number of aromatic amines is 2. The summed E-state index contributed by atoms with van der Waals surface area (Å²) in [5.41, 5.74) is 11.1. The van der Waals surface area contributed by atoms with Crippen LogP contribution in [-0.2, 0) is 19.3 Å². The Kier molecular flexibility index (Phi) is 3.25. The third-order valence-corrected chi connectivity index (χ3v) is 3.91. The van der Waals surface area contributed by atoms with Crippen LogP contribution in [0.3, 0.4) is 0 Å². The van der Waals surface area contributed by atoms with Crippen LogP contribution in [0.15, 0.2) is 23.0 Å². The molecule has 1 aromatic heterocycles. The molecule has 0 fully saturated rings. The van der Waals surface area contributed by atoms with Crippen LogP contribution in [0, 0.1) is 0 Å². The number of hydrogen-bond acceptors (Lipinski definition) is 2. The summed E-state index contributed by atoms with van der Waals surface area (Å²) in [5.74, 6) is 0. The van der Waals surface area contributed by atoms with Gasteiger partial charge in [-0.05, 0) is 55.8 Å². The van der Waals surface area contributed by atoms with E-state index < -0.39 is 0 Å². The third-order valence-electron chi connectivity index (χ3n) is 3.91. The minimum absolute atomic E-state index is 0.0572. The summed E-state index contributed by atoms with van der Waals surface area (Å²) in [7, 11) is 0. The Bertz CT molecular complexity index is 639. The molecule has 100 valence electrons. The highest BCUT2D eigenvalue weighted by Crippen LogP contribution is 2.27. The van der Waals surface area contributed by atoms with Crippen molar-refractivity contribution in [3.63, 3.8) is 0 Å². The molecule has 4 nitrogen and oxygen atoms in total. The van der Waals surface area contributed by atoms with Gasteiger partial charge in [-0.2, -0.15) is 0 Å². The summed E-state index contributed by atoms with van der Waals surface area (Å²) in [6.07, 6.45) is 5.46. The number of nitrogens with one attached hydrogen (secondary N) is 2. The molecular formula is C15H19N3O. The lowest BCUT2D eigenvalue weighted by atomic mass is 9.89. The van der Waals surface area contributed by atoms with Crippen molar-refractivity contribution in [1.82, 2.24) is 10.2 Å². The second kappa shape index (κ2) is 5.05. The highest BCUT2D eigenvalue weighted by Gasteiger charge is 2.14. The molecule has 0 aliphatic heterocycles. The van der Waals surface area contributed by atoms with Gasteiger partial charge in [-0.15, -0.1) is 0 Å². The van der Waals surface area contributed by atoms with E-state index >= 15 is 0 Å². The number of aromatic nitrogens is 2. The second-order valence-electron chi connectivity index (χ2n) is 5.16. The molecule has 0 saturated heterocycles. The Morgan fingerprint density at radius 1 is 1.11 bits per heavy atom. The number of benzene rings is 1. The van der Waals surface area contributed by atoms with E-state index in [-0.39, 0.29) is 5.56 Å². The van der Waals surface area contributed by atoms with E-state index in [0.29, 0.717) is 13.0 Å². The maximum absolute atomic E-state index is 11.7. The first-order chi connectivity index (χ1) is 9.29. The van der Waals surface area contributed by atoms with Gasteiger partial charge < -0.3 is 5.73 Å². The minimum atomic E-state index is -0.0572. The molecular weight excluding hydrogens is 238 g/mol. The first-order valence-corrected chi connectivity index (χ1v) is 6.91. The van der Waals surface area contributed by atoms with E-state index in [2.05, 4.69) is 28.4 Å². The van der Waals surface area contributed by atoms with Crippen LogP contribution in [0.25, 0.3) is 11.3 Å². The van der Waals surface area contributed by atoms with Crippen molar-refractivity contribution in [1.29, 1.82) is 0 Å². The second-order valence-corrected chi connectivity index (χ2v) is 5.16. The van der Waals surface area contributed by atoms with Crippen molar-refractivity contribution in [2.75, 3.05) is 6.54 Å². The maximum Gasteiger partial charge on any atom is 0.267 e. The van der Waals surface area contributed by atoms with Crippen molar-refractivity contribution >= 4 is 0 Å². The van der Waals surface area contributed by atoms with Crippen LogP contribution >= 0.6 is 0 Å². The highest BCUT2D eigenvalue weighted by atomic mass is 16.1. The Hall–Kier alpha value is -1.81. The third kappa shape index (κ3) is 2.24. The SMILES string of the molecule is NCCc1c(-c2ccc3c(c2)CCCC3)[nH][nH]c1=O. The smallest absolute Gasteiger partial charge is 0.267 e. The summed E-state index contributed by atoms with van der Waals surface area (Å²) in [6.45, 7) is 0.485. The van der Waals surface area contributed by atoms with E-state index in [4.69, 9.17) is 5.73 Å². The van der Waals surface area contributed by atoms with Gasteiger partial charge in [0.2, 0.25) is 0 Å². The molecule has 0 bridgehead atoms. The number of aryl methyl sites for hydroxylation is 2. The van der Waals surface area contributed by atoms with Gasteiger partial charge in [0.15, 0.2) is 0 Å². The molecule has 1 aromatic carbocycles. The molecule has 0 unspecified atom stereocenters. The molecule has 0 spiro atoms. The van der Waals surface area contributed by atoms with Gasteiger partial charge in [0.05, 0.1) is 5.69 Å². The number of hydrogen-bond donors (Lipinski definition) is 3. The van der Waals surface area contributed by atoms with Crippen LogP contribution in [0.4, 0.5) is 0 Å². The van der Waals surface area contributed by atoms with Crippen molar-refractivity contribution in [3.8, 4) is 11.3 Å². The molecule has 2 aromatic rings. The largest absolute Gasteiger partial charge is 0.330 e. The lowest BCUT2D eigenvalue weighted by Gasteiger charge is -2.16. The van der Waals surface area contributed by atoms with E-state index in [0.717, 1.165) is 23.2 Å². The van der Waals surface area contributed by atoms with E-state index in [9.17, 15) is 4.79 Å².